The fourth-order valence-corrected chi connectivity index (χ4v) is 4.27. The minimum atomic E-state index is -0.358. The third-order valence-electron chi connectivity index (χ3n) is 6.71. The van der Waals surface area contributed by atoms with Crippen LogP contribution in [-0.4, -0.2) is 64.7 Å². The molecule has 1 saturated carbocycles. The molecule has 1 aliphatic carbocycles. The predicted octanol–water partition coefficient (Wildman–Crippen LogP) is 3.92. The number of anilines is 2. The van der Waals surface area contributed by atoms with Crippen molar-refractivity contribution >= 4 is 23.3 Å². The van der Waals surface area contributed by atoms with Gasteiger partial charge in [-0.05, 0) is 43.5 Å². The number of aromatic amines is 1. The number of H-pyrrole nitrogens is 1. The van der Waals surface area contributed by atoms with Gasteiger partial charge in [-0.1, -0.05) is 24.3 Å². The van der Waals surface area contributed by atoms with Gasteiger partial charge in [0, 0.05) is 49.0 Å². The van der Waals surface area contributed by atoms with Crippen molar-refractivity contribution in [3.05, 3.63) is 72.1 Å². The van der Waals surface area contributed by atoms with Crippen LogP contribution in [0.3, 0.4) is 0 Å². The van der Waals surface area contributed by atoms with Gasteiger partial charge in [0.05, 0.1) is 36.7 Å². The first kappa shape index (κ1) is 24.9. The number of nitrogens with zero attached hydrogens (tertiary/aromatic N) is 3. The molecule has 1 unspecified atom stereocenters. The summed E-state index contributed by atoms with van der Waals surface area (Å²) in [5.41, 5.74) is 4.25. The SMILES string of the molecule is CC(C(=O)Nc1cc(C2CC2)[nH]n1)c1cccc(-c2ccc(NC(=O)/C=C/CN3CCOCC3)cn2)c1. The van der Waals surface area contributed by atoms with Crippen LogP contribution in [0.4, 0.5) is 11.5 Å². The Kier molecular flexibility index (Phi) is 7.72. The zero-order valence-corrected chi connectivity index (χ0v) is 20.9. The lowest BCUT2D eigenvalue weighted by molar-refractivity contribution is -0.117. The topological polar surface area (TPSA) is 112 Å². The monoisotopic (exact) mass is 500 g/mol. The highest BCUT2D eigenvalue weighted by molar-refractivity contribution is 5.99. The Balaban J connectivity index is 1.16. The van der Waals surface area contributed by atoms with E-state index < -0.39 is 0 Å². The van der Waals surface area contributed by atoms with Gasteiger partial charge in [-0.15, -0.1) is 0 Å². The fourth-order valence-electron chi connectivity index (χ4n) is 4.27. The molecule has 2 amide bonds. The van der Waals surface area contributed by atoms with Crippen molar-refractivity contribution in [3.8, 4) is 11.3 Å². The molecule has 0 spiro atoms. The zero-order chi connectivity index (χ0) is 25.6. The number of nitrogens with one attached hydrogen (secondary N) is 3. The lowest BCUT2D eigenvalue weighted by atomic mass is 9.97. The Labute approximate surface area is 216 Å². The van der Waals surface area contributed by atoms with Crippen molar-refractivity contribution in [2.75, 3.05) is 43.5 Å². The van der Waals surface area contributed by atoms with Gasteiger partial charge in [-0.25, -0.2) is 0 Å². The van der Waals surface area contributed by atoms with E-state index in [1.165, 1.54) is 12.8 Å². The summed E-state index contributed by atoms with van der Waals surface area (Å²) in [5, 5.41) is 13.0. The fraction of sp³-hybridized carbons (Fsp3) is 0.357. The highest BCUT2D eigenvalue weighted by Gasteiger charge is 2.26. The van der Waals surface area contributed by atoms with Gasteiger partial charge in [-0.3, -0.25) is 24.6 Å². The smallest absolute Gasteiger partial charge is 0.248 e. The molecule has 0 bridgehead atoms. The summed E-state index contributed by atoms with van der Waals surface area (Å²) >= 11 is 0. The first-order chi connectivity index (χ1) is 18.0. The molecule has 5 rings (SSSR count). The van der Waals surface area contributed by atoms with Gasteiger partial charge < -0.3 is 15.4 Å². The first-order valence-electron chi connectivity index (χ1n) is 12.8. The van der Waals surface area contributed by atoms with Gasteiger partial charge >= 0.3 is 0 Å². The van der Waals surface area contributed by atoms with E-state index in [2.05, 4.69) is 30.7 Å². The number of morpholine rings is 1. The van der Waals surface area contributed by atoms with Crippen LogP contribution in [0.25, 0.3) is 11.3 Å². The summed E-state index contributed by atoms with van der Waals surface area (Å²) in [6.45, 7) is 5.84. The molecule has 2 aliphatic rings. The molecule has 37 heavy (non-hydrogen) atoms. The third kappa shape index (κ3) is 6.69. The van der Waals surface area contributed by atoms with E-state index in [9.17, 15) is 9.59 Å². The van der Waals surface area contributed by atoms with Crippen molar-refractivity contribution in [2.45, 2.75) is 31.6 Å². The van der Waals surface area contributed by atoms with Crippen LogP contribution in [0.5, 0.6) is 0 Å². The summed E-state index contributed by atoms with van der Waals surface area (Å²) in [6.07, 6.45) is 7.40. The second-order valence-corrected chi connectivity index (χ2v) is 9.56. The molecule has 3 aromatic rings. The van der Waals surface area contributed by atoms with Crippen molar-refractivity contribution < 1.29 is 14.3 Å². The lowest BCUT2D eigenvalue weighted by Crippen LogP contribution is -2.36. The van der Waals surface area contributed by atoms with Crippen molar-refractivity contribution in [2.24, 2.45) is 0 Å². The Morgan fingerprint density at radius 1 is 1.16 bits per heavy atom. The molecule has 1 aromatic carbocycles. The quantitative estimate of drug-likeness (QED) is 0.384. The minimum absolute atomic E-state index is 0.112. The molecular formula is C28H32N6O3. The van der Waals surface area contributed by atoms with Gasteiger partial charge in [0.2, 0.25) is 11.8 Å². The molecule has 1 saturated heterocycles. The molecule has 2 aromatic heterocycles. The van der Waals surface area contributed by atoms with E-state index >= 15 is 0 Å². The van der Waals surface area contributed by atoms with Crippen LogP contribution in [0.1, 0.15) is 42.9 Å². The van der Waals surface area contributed by atoms with Crippen LogP contribution in [0.2, 0.25) is 0 Å². The molecule has 0 radical (unpaired) electrons. The maximum absolute atomic E-state index is 12.8. The number of ether oxygens (including phenoxy) is 1. The maximum atomic E-state index is 12.8. The number of benzene rings is 1. The van der Waals surface area contributed by atoms with Crippen LogP contribution in [0.15, 0.2) is 60.8 Å². The van der Waals surface area contributed by atoms with Crippen LogP contribution in [-0.2, 0) is 14.3 Å². The van der Waals surface area contributed by atoms with Crippen LogP contribution < -0.4 is 10.6 Å². The molecule has 192 valence electrons. The Morgan fingerprint density at radius 2 is 2.00 bits per heavy atom. The average Bonchev–Trinajstić information content (AvgIpc) is 3.68. The van der Waals surface area contributed by atoms with E-state index in [1.54, 1.807) is 12.3 Å². The molecule has 1 atom stereocenters. The van der Waals surface area contributed by atoms with Crippen molar-refractivity contribution in [1.82, 2.24) is 20.1 Å². The van der Waals surface area contributed by atoms with E-state index in [0.29, 0.717) is 17.4 Å². The Hall–Kier alpha value is -3.82. The summed E-state index contributed by atoms with van der Waals surface area (Å²) in [7, 11) is 0. The molecule has 2 fully saturated rings. The normalized spacial score (nSPS) is 17.0. The van der Waals surface area contributed by atoms with E-state index in [4.69, 9.17) is 4.74 Å². The molecular weight excluding hydrogens is 468 g/mol. The summed E-state index contributed by atoms with van der Waals surface area (Å²) in [4.78, 5) is 31.8. The van der Waals surface area contributed by atoms with Gasteiger partial charge in [0.1, 0.15) is 0 Å². The van der Waals surface area contributed by atoms with Crippen LogP contribution >= 0.6 is 0 Å². The number of hydrogen-bond acceptors (Lipinski definition) is 6. The van der Waals surface area contributed by atoms with E-state index in [0.717, 1.165) is 55.4 Å². The molecule has 1 aliphatic heterocycles. The third-order valence-corrected chi connectivity index (χ3v) is 6.71. The predicted molar refractivity (Wildman–Crippen MR) is 142 cm³/mol. The lowest BCUT2D eigenvalue weighted by Gasteiger charge is -2.24. The first-order valence-corrected chi connectivity index (χ1v) is 12.8. The summed E-state index contributed by atoms with van der Waals surface area (Å²) < 4.78 is 5.33. The van der Waals surface area contributed by atoms with Gasteiger partial charge in [-0.2, -0.15) is 5.10 Å². The minimum Gasteiger partial charge on any atom is -0.379 e. The second-order valence-electron chi connectivity index (χ2n) is 9.56. The number of rotatable bonds is 9. The number of pyridine rings is 1. The highest BCUT2D eigenvalue weighted by Crippen LogP contribution is 2.39. The van der Waals surface area contributed by atoms with Gasteiger partial charge in [0.15, 0.2) is 5.82 Å². The standard InChI is InChI=1S/C28H32N6O3/c1-19(28(36)31-26-17-25(32-33-26)20-7-8-20)21-4-2-5-22(16-21)24-10-9-23(18-29-24)30-27(35)6-3-11-34-12-14-37-15-13-34/h2-6,9-10,16-20H,7-8,11-15H2,1H3,(H,30,35)(H2,31,32,33,36)/b6-3+. The Morgan fingerprint density at radius 3 is 2.76 bits per heavy atom. The van der Waals surface area contributed by atoms with E-state index in [-0.39, 0.29) is 17.7 Å². The summed E-state index contributed by atoms with van der Waals surface area (Å²) in [6, 6.07) is 13.4. The number of carbonyl (C=O) groups is 2. The number of aromatic nitrogens is 3. The number of hydrogen-bond donors (Lipinski definition) is 3. The Bertz CT molecular complexity index is 1260. The highest BCUT2D eigenvalue weighted by atomic mass is 16.5. The molecule has 3 heterocycles. The van der Waals surface area contributed by atoms with Gasteiger partial charge in [0.25, 0.3) is 0 Å². The average molecular weight is 501 g/mol. The molecule has 9 nitrogen and oxygen atoms in total. The van der Waals surface area contributed by atoms with Crippen molar-refractivity contribution in [1.29, 1.82) is 0 Å². The summed E-state index contributed by atoms with van der Waals surface area (Å²) in [5.74, 6) is 0.453. The number of carbonyl (C=O) groups excluding carboxylic acids is 2. The molecule has 9 heteroatoms. The molecule has 3 N–H and O–H groups in total. The second kappa shape index (κ2) is 11.5. The zero-order valence-electron chi connectivity index (χ0n) is 20.9. The van der Waals surface area contributed by atoms with E-state index in [1.807, 2.05) is 55.5 Å². The number of amides is 2. The maximum Gasteiger partial charge on any atom is 0.248 e. The largest absolute Gasteiger partial charge is 0.379 e. The van der Waals surface area contributed by atoms with Crippen molar-refractivity contribution in [3.63, 3.8) is 0 Å². The van der Waals surface area contributed by atoms with Crippen LogP contribution in [0, 0.1) is 0 Å².